The van der Waals surface area contributed by atoms with Crippen LogP contribution < -0.4 is 10.2 Å². The molecule has 34 heavy (non-hydrogen) atoms. The first kappa shape index (κ1) is 23.4. The van der Waals surface area contributed by atoms with Crippen molar-refractivity contribution in [3.05, 3.63) is 82.2 Å². The summed E-state index contributed by atoms with van der Waals surface area (Å²) in [4.78, 5) is 35.4. The van der Waals surface area contributed by atoms with Crippen molar-refractivity contribution >= 4 is 56.5 Å². The standard InChI is InChI=1S/C24H18F2N4O2S2/c1-14-22(16-7-9-17(25)10-8-16)29-23(34-14)28-21(32)12-11-18-13-33-24(27-18)30(15(2)31)20-6-4-3-5-19(20)26/h3-13H,1-2H3,(H,28,29,32)/b12-11+. The van der Waals surface area contributed by atoms with Gasteiger partial charge < -0.3 is 0 Å². The Morgan fingerprint density at radius 2 is 1.79 bits per heavy atom. The molecular weight excluding hydrogens is 478 g/mol. The highest BCUT2D eigenvalue weighted by Gasteiger charge is 2.20. The molecule has 0 aliphatic carbocycles. The SMILES string of the molecule is CC(=O)N(c1nc(/C=C/C(=O)Nc2nc(-c3ccc(F)cc3)c(C)s2)cs1)c1ccccc1F. The minimum absolute atomic E-state index is 0.105. The zero-order chi connectivity index (χ0) is 24.2. The van der Waals surface area contributed by atoms with Crippen LogP contribution in [-0.4, -0.2) is 21.8 Å². The number of carbonyl (C=O) groups excluding carboxylic acids is 2. The van der Waals surface area contributed by atoms with Gasteiger partial charge in [0.1, 0.15) is 11.6 Å². The quantitative estimate of drug-likeness (QED) is 0.323. The highest BCUT2D eigenvalue weighted by Crippen LogP contribution is 2.32. The summed E-state index contributed by atoms with van der Waals surface area (Å²) in [6, 6.07) is 11.9. The van der Waals surface area contributed by atoms with Gasteiger partial charge in [0.2, 0.25) is 11.8 Å². The number of benzene rings is 2. The van der Waals surface area contributed by atoms with Crippen LogP contribution in [0.5, 0.6) is 0 Å². The summed E-state index contributed by atoms with van der Waals surface area (Å²) in [7, 11) is 0. The van der Waals surface area contributed by atoms with Gasteiger partial charge in [-0.3, -0.25) is 19.8 Å². The summed E-state index contributed by atoms with van der Waals surface area (Å²) in [5.41, 5.74) is 1.98. The fraction of sp³-hybridized carbons (Fsp3) is 0.0833. The van der Waals surface area contributed by atoms with Gasteiger partial charge in [-0.25, -0.2) is 18.7 Å². The fourth-order valence-electron chi connectivity index (χ4n) is 3.13. The Kier molecular flexibility index (Phi) is 6.90. The number of hydrogen-bond acceptors (Lipinski definition) is 6. The van der Waals surface area contributed by atoms with Crippen LogP contribution in [0.1, 0.15) is 17.5 Å². The van der Waals surface area contributed by atoms with E-state index in [1.807, 2.05) is 6.92 Å². The van der Waals surface area contributed by atoms with E-state index in [-0.39, 0.29) is 22.5 Å². The lowest BCUT2D eigenvalue weighted by Gasteiger charge is -2.18. The lowest BCUT2D eigenvalue weighted by molar-refractivity contribution is -0.116. The summed E-state index contributed by atoms with van der Waals surface area (Å²) in [5.74, 6) is -1.67. The van der Waals surface area contributed by atoms with Crippen LogP contribution in [0.25, 0.3) is 17.3 Å². The number of rotatable bonds is 6. The Bertz CT molecular complexity index is 1380. The Balaban J connectivity index is 1.46. The normalized spacial score (nSPS) is 11.1. The third-order valence-electron chi connectivity index (χ3n) is 4.66. The van der Waals surface area contributed by atoms with E-state index in [0.29, 0.717) is 16.5 Å². The van der Waals surface area contributed by atoms with Crippen LogP contribution in [0.15, 0.2) is 60.0 Å². The van der Waals surface area contributed by atoms with Crippen molar-refractivity contribution in [3.8, 4) is 11.3 Å². The summed E-state index contributed by atoms with van der Waals surface area (Å²) in [5, 5.41) is 5.07. The molecule has 6 nitrogen and oxygen atoms in total. The largest absolute Gasteiger partial charge is 0.298 e. The second kappa shape index (κ2) is 10.0. The topological polar surface area (TPSA) is 75.2 Å². The summed E-state index contributed by atoms with van der Waals surface area (Å²) < 4.78 is 27.4. The van der Waals surface area contributed by atoms with E-state index in [9.17, 15) is 18.4 Å². The summed E-state index contributed by atoms with van der Waals surface area (Å²) in [6.07, 6.45) is 2.80. The van der Waals surface area contributed by atoms with Gasteiger partial charge in [0.15, 0.2) is 10.3 Å². The van der Waals surface area contributed by atoms with Crippen molar-refractivity contribution < 1.29 is 18.4 Å². The minimum atomic E-state index is -0.539. The van der Waals surface area contributed by atoms with E-state index in [4.69, 9.17) is 0 Å². The van der Waals surface area contributed by atoms with Crippen molar-refractivity contribution in [1.29, 1.82) is 0 Å². The predicted molar refractivity (Wildman–Crippen MR) is 131 cm³/mol. The van der Waals surface area contributed by atoms with Gasteiger partial charge in [-0.15, -0.1) is 22.7 Å². The van der Waals surface area contributed by atoms with Crippen LogP contribution in [0.2, 0.25) is 0 Å². The first-order chi connectivity index (χ1) is 16.3. The molecule has 0 aliphatic rings. The number of nitrogens with one attached hydrogen (secondary N) is 1. The van der Waals surface area contributed by atoms with E-state index >= 15 is 0 Å². The number of anilines is 3. The second-order valence-electron chi connectivity index (χ2n) is 7.11. The number of carbonyl (C=O) groups is 2. The lowest BCUT2D eigenvalue weighted by atomic mass is 10.1. The van der Waals surface area contributed by atoms with Crippen LogP contribution in [0.3, 0.4) is 0 Å². The lowest BCUT2D eigenvalue weighted by Crippen LogP contribution is -2.23. The number of amides is 2. The second-order valence-corrected chi connectivity index (χ2v) is 9.15. The van der Waals surface area contributed by atoms with Crippen molar-refractivity contribution in [2.75, 3.05) is 10.2 Å². The molecule has 172 valence electrons. The molecule has 0 fully saturated rings. The van der Waals surface area contributed by atoms with Gasteiger partial charge in [0.25, 0.3) is 0 Å². The van der Waals surface area contributed by atoms with E-state index < -0.39 is 11.7 Å². The Labute approximate surface area is 202 Å². The molecule has 2 heterocycles. The summed E-state index contributed by atoms with van der Waals surface area (Å²) in [6.45, 7) is 3.20. The molecule has 0 aliphatic heterocycles. The predicted octanol–water partition coefficient (Wildman–Crippen LogP) is 6.19. The average Bonchev–Trinajstić information content (AvgIpc) is 3.40. The van der Waals surface area contributed by atoms with E-state index in [2.05, 4.69) is 15.3 Å². The van der Waals surface area contributed by atoms with Gasteiger partial charge in [-0.2, -0.15) is 0 Å². The van der Waals surface area contributed by atoms with E-state index in [0.717, 1.165) is 21.8 Å². The van der Waals surface area contributed by atoms with Crippen LogP contribution >= 0.6 is 22.7 Å². The number of halogens is 2. The fourth-order valence-corrected chi connectivity index (χ4v) is 4.82. The molecule has 0 radical (unpaired) electrons. The minimum Gasteiger partial charge on any atom is -0.298 e. The Morgan fingerprint density at radius 3 is 2.50 bits per heavy atom. The van der Waals surface area contributed by atoms with Gasteiger partial charge in [0.05, 0.1) is 17.1 Å². The molecule has 4 rings (SSSR count). The molecule has 0 bridgehead atoms. The van der Waals surface area contributed by atoms with Crippen molar-refractivity contribution in [2.45, 2.75) is 13.8 Å². The number of hydrogen-bond donors (Lipinski definition) is 1. The van der Waals surface area contributed by atoms with Gasteiger partial charge in [-0.1, -0.05) is 12.1 Å². The van der Waals surface area contributed by atoms with Gasteiger partial charge >= 0.3 is 0 Å². The third-order valence-corrected chi connectivity index (χ3v) is 6.39. The van der Waals surface area contributed by atoms with E-state index in [1.165, 1.54) is 59.6 Å². The molecule has 2 aromatic carbocycles. The smallest absolute Gasteiger partial charge is 0.250 e. The molecule has 2 amide bonds. The third kappa shape index (κ3) is 5.24. The molecule has 1 N–H and O–H groups in total. The Morgan fingerprint density at radius 1 is 1.06 bits per heavy atom. The van der Waals surface area contributed by atoms with E-state index in [1.54, 1.807) is 29.6 Å². The average molecular weight is 497 g/mol. The van der Waals surface area contributed by atoms with Crippen LogP contribution in [0, 0.1) is 18.6 Å². The maximum atomic E-state index is 14.2. The molecule has 4 aromatic rings. The monoisotopic (exact) mass is 496 g/mol. The number of aromatic nitrogens is 2. The maximum Gasteiger partial charge on any atom is 0.250 e. The number of aryl methyl sites for hydroxylation is 1. The molecule has 10 heteroatoms. The molecule has 2 aromatic heterocycles. The number of para-hydroxylation sites is 1. The molecular formula is C24H18F2N4O2S2. The summed E-state index contributed by atoms with van der Waals surface area (Å²) >= 11 is 2.47. The first-order valence-corrected chi connectivity index (χ1v) is 11.7. The van der Waals surface area contributed by atoms with Gasteiger partial charge in [0, 0.05) is 28.8 Å². The number of thiazole rings is 2. The van der Waals surface area contributed by atoms with Crippen molar-refractivity contribution in [3.63, 3.8) is 0 Å². The van der Waals surface area contributed by atoms with Crippen molar-refractivity contribution in [1.82, 2.24) is 9.97 Å². The molecule has 0 atom stereocenters. The zero-order valence-corrected chi connectivity index (χ0v) is 19.7. The maximum absolute atomic E-state index is 14.2. The van der Waals surface area contributed by atoms with Crippen LogP contribution in [-0.2, 0) is 9.59 Å². The highest BCUT2D eigenvalue weighted by atomic mass is 32.1. The number of nitrogens with zero attached hydrogens (tertiary/aromatic N) is 3. The van der Waals surface area contributed by atoms with Gasteiger partial charge in [-0.05, 0) is 49.4 Å². The first-order valence-electron chi connectivity index (χ1n) is 10.0. The molecule has 0 spiro atoms. The highest BCUT2D eigenvalue weighted by molar-refractivity contribution is 7.16. The zero-order valence-electron chi connectivity index (χ0n) is 18.1. The molecule has 0 unspecified atom stereocenters. The molecule has 0 saturated carbocycles. The van der Waals surface area contributed by atoms with Crippen molar-refractivity contribution in [2.24, 2.45) is 0 Å². The van der Waals surface area contributed by atoms with Crippen LogP contribution in [0.4, 0.5) is 24.7 Å². The Hall–Kier alpha value is -3.76. The molecule has 0 saturated heterocycles.